The number of rotatable bonds is 2. The molecule has 4 N–H and O–H groups in total. The van der Waals surface area contributed by atoms with Gasteiger partial charge in [-0.25, -0.2) is 4.79 Å². The molecule has 0 aliphatic heterocycles. The predicted molar refractivity (Wildman–Crippen MR) is 81.6 cm³/mol. The van der Waals surface area contributed by atoms with Crippen LogP contribution >= 0.6 is 0 Å². The van der Waals surface area contributed by atoms with Gasteiger partial charge in [-0.1, -0.05) is 0 Å². The number of hydrogen-bond acceptors (Lipinski definition) is 4. The van der Waals surface area contributed by atoms with Gasteiger partial charge >= 0.3 is 5.97 Å². The molecule has 1 aromatic carbocycles. The molecule has 0 aromatic heterocycles. The summed E-state index contributed by atoms with van der Waals surface area (Å²) in [7, 11) is 0. The van der Waals surface area contributed by atoms with Crippen LogP contribution in [0.1, 0.15) is 48.9 Å². The van der Waals surface area contributed by atoms with Crippen molar-refractivity contribution in [1.29, 1.82) is 0 Å². The van der Waals surface area contributed by atoms with Crippen LogP contribution in [0.25, 0.3) is 0 Å². The van der Waals surface area contributed by atoms with Crippen molar-refractivity contribution in [3.8, 4) is 0 Å². The van der Waals surface area contributed by atoms with E-state index in [-0.39, 0.29) is 11.6 Å². The summed E-state index contributed by atoms with van der Waals surface area (Å²) < 4.78 is 6.00. The van der Waals surface area contributed by atoms with Crippen molar-refractivity contribution in [2.75, 3.05) is 11.5 Å². The second-order valence-electron chi connectivity index (χ2n) is 7.34. The van der Waals surface area contributed by atoms with Gasteiger partial charge in [0.25, 0.3) is 0 Å². The quantitative estimate of drug-likeness (QED) is 0.647. The topological polar surface area (TPSA) is 78.3 Å². The standard InChI is InChI=1S/C17H22N2O2/c18-13-1-2-14(15(19)6-13)16(20)21-17-7-10-3-11(8-17)5-12(4-10)9-17/h1-2,6,10-12H,3-5,7-9,18-19H2. The van der Waals surface area contributed by atoms with Crippen molar-refractivity contribution in [2.45, 2.75) is 44.1 Å². The van der Waals surface area contributed by atoms with Crippen LogP contribution in [0.15, 0.2) is 18.2 Å². The highest BCUT2D eigenvalue weighted by Crippen LogP contribution is 2.57. The van der Waals surface area contributed by atoms with Gasteiger partial charge in [0.1, 0.15) is 5.60 Å². The fraction of sp³-hybridized carbons (Fsp3) is 0.588. The normalized spacial score (nSPS) is 36.7. The van der Waals surface area contributed by atoms with Gasteiger partial charge in [-0.2, -0.15) is 0 Å². The maximum absolute atomic E-state index is 12.5. The van der Waals surface area contributed by atoms with Crippen LogP contribution in [0.5, 0.6) is 0 Å². The van der Waals surface area contributed by atoms with Crippen LogP contribution in [0.2, 0.25) is 0 Å². The zero-order chi connectivity index (χ0) is 14.6. The fourth-order valence-corrected chi connectivity index (χ4v) is 5.17. The van der Waals surface area contributed by atoms with E-state index in [2.05, 4.69) is 0 Å². The van der Waals surface area contributed by atoms with E-state index in [9.17, 15) is 4.79 Å². The third-order valence-electron chi connectivity index (χ3n) is 5.59. The van der Waals surface area contributed by atoms with Crippen molar-refractivity contribution in [3.63, 3.8) is 0 Å². The zero-order valence-electron chi connectivity index (χ0n) is 12.2. The van der Waals surface area contributed by atoms with Crippen LogP contribution < -0.4 is 11.5 Å². The Morgan fingerprint density at radius 1 is 1.05 bits per heavy atom. The van der Waals surface area contributed by atoms with E-state index < -0.39 is 0 Å². The van der Waals surface area contributed by atoms with Crippen LogP contribution in [0, 0.1) is 17.8 Å². The highest BCUT2D eigenvalue weighted by Gasteiger charge is 2.53. The average molecular weight is 286 g/mol. The molecule has 112 valence electrons. The maximum atomic E-state index is 12.5. The second kappa shape index (κ2) is 4.39. The Hall–Kier alpha value is -1.71. The number of benzene rings is 1. The number of ether oxygens (including phenoxy) is 1. The predicted octanol–water partition coefficient (Wildman–Crippen LogP) is 2.98. The molecular formula is C17H22N2O2. The largest absolute Gasteiger partial charge is 0.455 e. The van der Waals surface area contributed by atoms with Crippen molar-refractivity contribution in [1.82, 2.24) is 0 Å². The summed E-state index contributed by atoms with van der Waals surface area (Å²) in [6.45, 7) is 0. The third kappa shape index (κ3) is 2.17. The minimum Gasteiger partial charge on any atom is -0.455 e. The molecule has 0 atom stereocenters. The number of nitrogen functional groups attached to an aromatic ring is 2. The van der Waals surface area contributed by atoms with Crippen LogP contribution in [-0.4, -0.2) is 11.6 Å². The number of esters is 1. The van der Waals surface area contributed by atoms with E-state index in [4.69, 9.17) is 16.2 Å². The zero-order valence-corrected chi connectivity index (χ0v) is 12.2. The first-order valence-corrected chi connectivity index (χ1v) is 7.91. The van der Waals surface area contributed by atoms with Crippen molar-refractivity contribution >= 4 is 17.3 Å². The van der Waals surface area contributed by atoms with Gasteiger partial charge in [-0.3, -0.25) is 0 Å². The van der Waals surface area contributed by atoms with E-state index in [0.717, 1.165) is 37.0 Å². The fourth-order valence-electron chi connectivity index (χ4n) is 5.17. The Kier molecular flexibility index (Phi) is 2.72. The molecule has 0 heterocycles. The monoisotopic (exact) mass is 286 g/mol. The Labute approximate surface area is 124 Å². The molecule has 21 heavy (non-hydrogen) atoms. The lowest BCUT2D eigenvalue weighted by atomic mass is 9.54. The molecule has 4 nitrogen and oxygen atoms in total. The number of carbonyl (C=O) groups excluding carboxylic acids is 1. The number of hydrogen-bond donors (Lipinski definition) is 2. The summed E-state index contributed by atoms with van der Waals surface area (Å²) in [4.78, 5) is 12.5. The third-order valence-corrected chi connectivity index (χ3v) is 5.59. The van der Waals surface area contributed by atoms with Gasteiger partial charge < -0.3 is 16.2 Å². The summed E-state index contributed by atoms with van der Waals surface area (Å²) >= 11 is 0. The van der Waals surface area contributed by atoms with E-state index in [1.165, 1.54) is 19.3 Å². The van der Waals surface area contributed by atoms with Gasteiger partial charge in [0.15, 0.2) is 0 Å². The summed E-state index contributed by atoms with van der Waals surface area (Å²) in [5, 5.41) is 0. The van der Waals surface area contributed by atoms with E-state index in [1.807, 2.05) is 0 Å². The Morgan fingerprint density at radius 2 is 1.62 bits per heavy atom. The molecule has 0 spiro atoms. The van der Waals surface area contributed by atoms with Crippen molar-refractivity contribution < 1.29 is 9.53 Å². The molecule has 5 rings (SSSR count). The highest BCUT2D eigenvalue weighted by molar-refractivity contribution is 5.96. The first-order valence-electron chi connectivity index (χ1n) is 7.91. The summed E-state index contributed by atoms with van der Waals surface area (Å²) in [6.07, 6.45) is 7.13. The molecule has 0 radical (unpaired) electrons. The van der Waals surface area contributed by atoms with E-state index in [0.29, 0.717) is 16.9 Å². The Bertz CT molecular complexity index is 561. The summed E-state index contributed by atoms with van der Waals surface area (Å²) in [6, 6.07) is 5.00. The smallest absolute Gasteiger partial charge is 0.340 e. The SMILES string of the molecule is Nc1ccc(C(=O)OC23CC4CC(CC(C4)C2)C3)c(N)c1. The van der Waals surface area contributed by atoms with Crippen molar-refractivity contribution in [3.05, 3.63) is 23.8 Å². The molecule has 1 aromatic rings. The molecule has 0 unspecified atom stereocenters. The van der Waals surface area contributed by atoms with Crippen molar-refractivity contribution in [2.24, 2.45) is 17.8 Å². The molecule has 4 saturated carbocycles. The number of nitrogens with two attached hydrogens (primary N) is 2. The van der Waals surface area contributed by atoms with Gasteiger partial charge in [-0.15, -0.1) is 0 Å². The highest BCUT2D eigenvalue weighted by atomic mass is 16.6. The first-order chi connectivity index (χ1) is 10.0. The van der Waals surface area contributed by atoms with Crippen LogP contribution in [0.3, 0.4) is 0 Å². The first kappa shape index (κ1) is 13.0. The van der Waals surface area contributed by atoms with Gasteiger partial charge in [-0.05, 0) is 74.5 Å². The summed E-state index contributed by atoms with van der Waals surface area (Å²) in [5.41, 5.74) is 12.8. The Balaban J connectivity index is 1.57. The molecule has 4 aliphatic rings. The lowest BCUT2D eigenvalue weighted by Gasteiger charge is -2.55. The van der Waals surface area contributed by atoms with E-state index in [1.54, 1.807) is 18.2 Å². The minimum absolute atomic E-state index is 0.223. The molecule has 4 bridgehead atoms. The summed E-state index contributed by atoms with van der Waals surface area (Å²) in [5.74, 6) is 1.99. The molecule has 0 saturated heterocycles. The lowest BCUT2D eigenvalue weighted by molar-refractivity contribution is -0.131. The van der Waals surface area contributed by atoms with Crippen LogP contribution in [0.4, 0.5) is 11.4 Å². The Morgan fingerprint density at radius 3 is 2.14 bits per heavy atom. The molecule has 4 aliphatic carbocycles. The molecule has 4 heteroatoms. The number of carbonyl (C=O) groups is 1. The molecule has 0 amide bonds. The second-order valence-corrected chi connectivity index (χ2v) is 7.34. The van der Waals surface area contributed by atoms with Gasteiger partial charge in [0, 0.05) is 11.4 Å². The minimum atomic E-state index is -0.283. The average Bonchev–Trinajstić information content (AvgIpc) is 2.35. The number of anilines is 2. The van der Waals surface area contributed by atoms with Gasteiger partial charge in [0.05, 0.1) is 5.56 Å². The van der Waals surface area contributed by atoms with Crippen LogP contribution in [-0.2, 0) is 4.74 Å². The van der Waals surface area contributed by atoms with Gasteiger partial charge in [0.2, 0.25) is 0 Å². The molecular weight excluding hydrogens is 264 g/mol. The molecule has 4 fully saturated rings. The lowest BCUT2D eigenvalue weighted by Crippen LogP contribution is -2.52. The van der Waals surface area contributed by atoms with E-state index >= 15 is 0 Å². The maximum Gasteiger partial charge on any atom is 0.340 e.